The third-order valence-corrected chi connectivity index (χ3v) is 3.52. The lowest BCUT2D eigenvalue weighted by Gasteiger charge is -2.13. The summed E-state index contributed by atoms with van der Waals surface area (Å²) >= 11 is 0. The second-order valence-corrected chi connectivity index (χ2v) is 5.07. The third kappa shape index (κ3) is 2.66. The fourth-order valence-corrected chi connectivity index (χ4v) is 2.54. The molecule has 0 bridgehead atoms. The Morgan fingerprint density at radius 2 is 2.00 bits per heavy atom. The minimum absolute atomic E-state index is 0.0900. The fraction of sp³-hybridized carbons (Fsp3) is 0.118. The van der Waals surface area contributed by atoms with E-state index in [1.54, 1.807) is 0 Å². The fourth-order valence-electron chi connectivity index (χ4n) is 2.54. The number of aromatic nitrogens is 1. The SMILES string of the molecule is CC(=O)Nc1cccc(C(N)c2c[nH]c3ccccc23)c1. The van der Waals surface area contributed by atoms with Crippen LogP contribution >= 0.6 is 0 Å². The second kappa shape index (κ2) is 5.42. The Hall–Kier alpha value is -2.59. The molecule has 4 heteroatoms. The first-order chi connectivity index (χ1) is 10.1. The van der Waals surface area contributed by atoms with Crippen LogP contribution in [0, 0.1) is 0 Å². The summed E-state index contributed by atoms with van der Waals surface area (Å²) in [4.78, 5) is 14.4. The Kier molecular flexibility index (Phi) is 3.46. The van der Waals surface area contributed by atoms with Crippen LogP contribution in [0.4, 0.5) is 5.69 Å². The van der Waals surface area contributed by atoms with Gasteiger partial charge in [0.25, 0.3) is 0 Å². The number of carbonyl (C=O) groups excluding carboxylic acids is 1. The van der Waals surface area contributed by atoms with Crippen molar-refractivity contribution in [2.45, 2.75) is 13.0 Å². The highest BCUT2D eigenvalue weighted by atomic mass is 16.1. The molecule has 2 aromatic carbocycles. The number of rotatable bonds is 3. The van der Waals surface area contributed by atoms with E-state index in [0.29, 0.717) is 0 Å². The van der Waals surface area contributed by atoms with Crippen molar-refractivity contribution in [3.63, 3.8) is 0 Å². The van der Waals surface area contributed by atoms with Crippen molar-refractivity contribution in [2.75, 3.05) is 5.32 Å². The number of benzene rings is 2. The van der Waals surface area contributed by atoms with Gasteiger partial charge < -0.3 is 16.0 Å². The van der Waals surface area contributed by atoms with Crippen LogP contribution in [0.5, 0.6) is 0 Å². The molecule has 106 valence electrons. The van der Waals surface area contributed by atoms with E-state index >= 15 is 0 Å². The lowest BCUT2D eigenvalue weighted by atomic mass is 9.98. The zero-order valence-electron chi connectivity index (χ0n) is 11.8. The molecule has 0 saturated carbocycles. The zero-order chi connectivity index (χ0) is 14.8. The number of hydrogen-bond acceptors (Lipinski definition) is 2. The molecule has 1 heterocycles. The molecular weight excluding hydrogens is 262 g/mol. The highest BCUT2D eigenvalue weighted by molar-refractivity contribution is 5.89. The molecule has 1 aromatic heterocycles. The van der Waals surface area contributed by atoms with Gasteiger partial charge in [-0.3, -0.25) is 4.79 Å². The van der Waals surface area contributed by atoms with Gasteiger partial charge in [-0.2, -0.15) is 0 Å². The number of anilines is 1. The minimum atomic E-state index is -0.241. The van der Waals surface area contributed by atoms with Crippen molar-refractivity contribution in [1.29, 1.82) is 0 Å². The van der Waals surface area contributed by atoms with Crippen molar-refractivity contribution in [1.82, 2.24) is 4.98 Å². The number of nitrogens with one attached hydrogen (secondary N) is 2. The summed E-state index contributed by atoms with van der Waals surface area (Å²) in [6.07, 6.45) is 1.94. The van der Waals surface area contributed by atoms with E-state index in [1.165, 1.54) is 6.92 Å². The first kappa shape index (κ1) is 13.4. The first-order valence-corrected chi connectivity index (χ1v) is 6.84. The van der Waals surface area contributed by atoms with Crippen LogP contribution in [-0.2, 0) is 4.79 Å². The summed E-state index contributed by atoms with van der Waals surface area (Å²) in [5.74, 6) is -0.0900. The molecule has 4 N–H and O–H groups in total. The van der Waals surface area contributed by atoms with Crippen molar-refractivity contribution in [3.05, 3.63) is 65.9 Å². The van der Waals surface area contributed by atoms with E-state index in [2.05, 4.69) is 16.4 Å². The average Bonchev–Trinajstić information content (AvgIpc) is 2.90. The van der Waals surface area contributed by atoms with Crippen molar-refractivity contribution in [2.24, 2.45) is 5.73 Å². The summed E-state index contributed by atoms with van der Waals surface area (Å²) in [5, 5.41) is 3.90. The molecule has 0 radical (unpaired) electrons. The molecule has 0 fully saturated rings. The molecule has 0 aliphatic carbocycles. The minimum Gasteiger partial charge on any atom is -0.361 e. The highest BCUT2D eigenvalue weighted by Crippen LogP contribution is 2.28. The molecule has 21 heavy (non-hydrogen) atoms. The molecule has 1 atom stereocenters. The molecular formula is C17H17N3O. The van der Waals surface area contributed by atoms with Crippen LogP contribution in [0.1, 0.15) is 24.1 Å². The van der Waals surface area contributed by atoms with Gasteiger partial charge in [-0.15, -0.1) is 0 Å². The zero-order valence-corrected chi connectivity index (χ0v) is 11.8. The number of nitrogens with two attached hydrogens (primary N) is 1. The van der Waals surface area contributed by atoms with Crippen LogP contribution < -0.4 is 11.1 Å². The smallest absolute Gasteiger partial charge is 0.221 e. The van der Waals surface area contributed by atoms with E-state index in [4.69, 9.17) is 5.73 Å². The van der Waals surface area contributed by atoms with E-state index in [-0.39, 0.29) is 11.9 Å². The van der Waals surface area contributed by atoms with E-state index in [0.717, 1.165) is 27.7 Å². The van der Waals surface area contributed by atoms with E-state index in [9.17, 15) is 4.79 Å². The molecule has 0 aliphatic heterocycles. The topological polar surface area (TPSA) is 70.9 Å². The molecule has 1 amide bonds. The number of para-hydroxylation sites is 1. The van der Waals surface area contributed by atoms with Gasteiger partial charge in [0, 0.05) is 29.7 Å². The number of hydrogen-bond donors (Lipinski definition) is 3. The number of carbonyl (C=O) groups is 1. The highest BCUT2D eigenvalue weighted by Gasteiger charge is 2.14. The predicted molar refractivity (Wildman–Crippen MR) is 85.1 cm³/mol. The number of amides is 1. The van der Waals surface area contributed by atoms with Crippen LogP contribution in [-0.4, -0.2) is 10.9 Å². The molecule has 0 saturated heterocycles. The van der Waals surface area contributed by atoms with Crippen LogP contribution in [0.15, 0.2) is 54.7 Å². The predicted octanol–water partition coefficient (Wildman–Crippen LogP) is 3.17. The Morgan fingerprint density at radius 1 is 1.19 bits per heavy atom. The second-order valence-electron chi connectivity index (χ2n) is 5.07. The van der Waals surface area contributed by atoms with Gasteiger partial charge in [-0.25, -0.2) is 0 Å². The van der Waals surface area contributed by atoms with Crippen molar-refractivity contribution < 1.29 is 4.79 Å². The number of fused-ring (bicyclic) bond motifs is 1. The van der Waals surface area contributed by atoms with Crippen molar-refractivity contribution >= 4 is 22.5 Å². The molecule has 1 unspecified atom stereocenters. The van der Waals surface area contributed by atoms with Crippen LogP contribution in [0.25, 0.3) is 10.9 Å². The Bertz CT molecular complexity index is 791. The van der Waals surface area contributed by atoms with Gasteiger partial charge in [-0.1, -0.05) is 30.3 Å². The summed E-state index contributed by atoms with van der Waals surface area (Å²) in [6, 6.07) is 15.5. The quantitative estimate of drug-likeness (QED) is 0.689. The molecule has 0 aliphatic rings. The maximum atomic E-state index is 11.2. The van der Waals surface area contributed by atoms with Crippen LogP contribution in [0.3, 0.4) is 0 Å². The van der Waals surface area contributed by atoms with Gasteiger partial charge in [0.1, 0.15) is 0 Å². The van der Waals surface area contributed by atoms with Crippen LogP contribution in [0.2, 0.25) is 0 Å². The number of H-pyrrole nitrogens is 1. The first-order valence-electron chi connectivity index (χ1n) is 6.84. The maximum Gasteiger partial charge on any atom is 0.221 e. The monoisotopic (exact) mass is 279 g/mol. The lowest BCUT2D eigenvalue weighted by Crippen LogP contribution is -2.12. The van der Waals surface area contributed by atoms with Gasteiger partial charge in [-0.05, 0) is 29.3 Å². The van der Waals surface area contributed by atoms with Gasteiger partial charge in [0.15, 0.2) is 0 Å². The Morgan fingerprint density at radius 3 is 2.81 bits per heavy atom. The summed E-state index contributed by atoms with van der Waals surface area (Å²) in [5.41, 5.74) is 10.2. The summed E-state index contributed by atoms with van der Waals surface area (Å²) < 4.78 is 0. The molecule has 3 aromatic rings. The van der Waals surface area contributed by atoms with Gasteiger partial charge in [0.2, 0.25) is 5.91 Å². The Labute approximate surface area is 123 Å². The number of aromatic amines is 1. The Balaban J connectivity index is 1.98. The third-order valence-electron chi connectivity index (χ3n) is 3.52. The van der Waals surface area contributed by atoms with E-state index in [1.807, 2.05) is 48.7 Å². The van der Waals surface area contributed by atoms with Gasteiger partial charge >= 0.3 is 0 Å². The van der Waals surface area contributed by atoms with Gasteiger partial charge in [0.05, 0.1) is 6.04 Å². The largest absolute Gasteiger partial charge is 0.361 e. The standard InChI is InChI=1S/C17H17N3O/c1-11(21)20-13-6-4-5-12(9-13)17(18)15-10-19-16-8-3-2-7-14(15)16/h2-10,17,19H,18H2,1H3,(H,20,21). The molecule has 3 rings (SSSR count). The maximum absolute atomic E-state index is 11.2. The average molecular weight is 279 g/mol. The lowest BCUT2D eigenvalue weighted by molar-refractivity contribution is -0.114. The van der Waals surface area contributed by atoms with Crippen molar-refractivity contribution in [3.8, 4) is 0 Å². The summed E-state index contributed by atoms with van der Waals surface area (Å²) in [6.45, 7) is 1.49. The summed E-state index contributed by atoms with van der Waals surface area (Å²) in [7, 11) is 0. The normalized spacial score (nSPS) is 12.3. The van der Waals surface area contributed by atoms with E-state index < -0.39 is 0 Å². The molecule has 4 nitrogen and oxygen atoms in total. The molecule has 0 spiro atoms.